The lowest BCUT2D eigenvalue weighted by Crippen LogP contribution is -2.09. The highest BCUT2D eigenvalue weighted by Crippen LogP contribution is 2.44. The number of nitrogens with zero attached hydrogens (tertiary/aromatic N) is 2. The van der Waals surface area contributed by atoms with Gasteiger partial charge in [0.15, 0.2) is 0 Å². The standard InChI is InChI=1S/C42H26N2S2/c1-2-10-27(11-3-1)44-37-15-7-4-12-31(37)34-24-28(18-21-38(34)44)43(29-19-22-41-35(25-29)32-13-5-8-16-39(32)45-41)30-20-23-42-36(26-30)33-14-6-9-17-40(33)46-42/h1-26H. The fourth-order valence-corrected chi connectivity index (χ4v) is 9.28. The molecule has 0 aliphatic rings. The average molecular weight is 623 g/mol. The molecule has 3 heterocycles. The van der Waals surface area contributed by atoms with Crippen LogP contribution in [0.2, 0.25) is 0 Å². The highest BCUT2D eigenvalue weighted by atomic mass is 32.1. The van der Waals surface area contributed by atoms with Crippen molar-refractivity contribution in [1.29, 1.82) is 0 Å². The summed E-state index contributed by atoms with van der Waals surface area (Å²) in [6.07, 6.45) is 0. The molecule has 0 saturated heterocycles. The van der Waals surface area contributed by atoms with Crippen LogP contribution in [0.1, 0.15) is 0 Å². The van der Waals surface area contributed by atoms with Crippen LogP contribution in [-0.4, -0.2) is 4.57 Å². The quantitative estimate of drug-likeness (QED) is 0.190. The van der Waals surface area contributed by atoms with Gasteiger partial charge in [0, 0.05) is 73.9 Å². The summed E-state index contributed by atoms with van der Waals surface area (Å²) in [6.45, 7) is 0. The predicted molar refractivity (Wildman–Crippen MR) is 201 cm³/mol. The van der Waals surface area contributed by atoms with Crippen LogP contribution in [0.25, 0.3) is 67.8 Å². The zero-order chi connectivity index (χ0) is 30.2. The summed E-state index contributed by atoms with van der Waals surface area (Å²) in [4.78, 5) is 2.44. The van der Waals surface area contributed by atoms with Crippen molar-refractivity contribution in [2.24, 2.45) is 0 Å². The molecule has 0 saturated carbocycles. The fraction of sp³-hybridized carbons (Fsp3) is 0. The number of hydrogen-bond donors (Lipinski definition) is 0. The van der Waals surface area contributed by atoms with Gasteiger partial charge >= 0.3 is 0 Å². The summed E-state index contributed by atoms with van der Waals surface area (Å²) in [5, 5.41) is 7.71. The van der Waals surface area contributed by atoms with Crippen molar-refractivity contribution in [2.75, 3.05) is 4.90 Å². The zero-order valence-electron chi connectivity index (χ0n) is 24.7. The van der Waals surface area contributed by atoms with E-state index in [0.717, 1.165) is 17.1 Å². The number of aromatic nitrogens is 1. The van der Waals surface area contributed by atoms with Gasteiger partial charge in [-0.05, 0) is 84.9 Å². The summed E-state index contributed by atoms with van der Waals surface area (Å²) < 4.78 is 7.65. The Morgan fingerprint density at radius 1 is 0.348 bits per heavy atom. The minimum atomic E-state index is 1.14. The summed E-state index contributed by atoms with van der Waals surface area (Å²) in [7, 11) is 0. The third-order valence-electron chi connectivity index (χ3n) is 9.17. The Morgan fingerprint density at radius 3 is 1.43 bits per heavy atom. The highest BCUT2D eigenvalue weighted by Gasteiger charge is 2.19. The molecule has 0 fully saturated rings. The van der Waals surface area contributed by atoms with Crippen molar-refractivity contribution in [3.8, 4) is 5.69 Å². The first-order chi connectivity index (χ1) is 22.8. The van der Waals surface area contributed by atoms with E-state index in [9.17, 15) is 0 Å². The van der Waals surface area contributed by atoms with Crippen molar-refractivity contribution in [3.63, 3.8) is 0 Å². The fourth-order valence-electron chi connectivity index (χ4n) is 7.11. The molecule has 46 heavy (non-hydrogen) atoms. The highest BCUT2D eigenvalue weighted by molar-refractivity contribution is 7.26. The van der Waals surface area contributed by atoms with Crippen LogP contribution in [0.3, 0.4) is 0 Å². The smallest absolute Gasteiger partial charge is 0.0542 e. The van der Waals surface area contributed by atoms with Crippen molar-refractivity contribution in [3.05, 3.63) is 158 Å². The van der Waals surface area contributed by atoms with Gasteiger partial charge in [0.05, 0.1) is 11.0 Å². The molecule has 0 spiro atoms. The van der Waals surface area contributed by atoms with Crippen molar-refractivity contribution in [2.45, 2.75) is 0 Å². The van der Waals surface area contributed by atoms with Gasteiger partial charge in [-0.1, -0.05) is 72.8 Å². The van der Waals surface area contributed by atoms with Gasteiger partial charge in [-0.15, -0.1) is 22.7 Å². The third-order valence-corrected chi connectivity index (χ3v) is 11.5. The molecule has 4 heteroatoms. The molecule has 0 N–H and O–H groups in total. The van der Waals surface area contributed by atoms with E-state index in [2.05, 4.69) is 167 Å². The monoisotopic (exact) mass is 622 g/mol. The van der Waals surface area contributed by atoms with E-state index in [1.54, 1.807) is 0 Å². The van der Waals surface area contributed by atoms with Gasteiger partial charge in [-0.25, -0.2) is 0 Å². The number of anilines is 3. The van der Waals surface area contributed by atoms with E-state index in [-0.39, 0.29) is 0 Å². The topological polar surface area (TPSA) is 8.17 Å². The molecule has 7 aromatic carbocycles. The first-order valence-corrected chi connectivity index (χ1v) is 17.1. The minimum Gasteiger partial charge on any atom is -0.310 e. The first kappa shape index (κ1) is 25.9. The molecule has 0 aliphatic heterocycles. The van der Waals surface area contributed by atoms with Crippen LogP contribution >= 0.6 is 22.7 Å². The largest absolute Gasteiger partial charge is 0.310 e. The van der Waals surface area contributed by atoms with E-state index in [0.29, 0.717) is 0 Å². The van der Waals surface area contributed by atoms with Gasteiger partial charge < -0.3 is 9.47 Å². The van der Waals surface area contributed by atoms with Crippen molar-refractivity contribution >= 4 is 102 Å². The maximum absolute atomic E-state index is 2.44. The van der Waals surface area contributed by atoms with E-state index in [1.807, 2.05) is 22.7 Å². The number of fused-ring (bicyclic) bond motifs is 9. The van der Waals surface area contributed by atoms with Crippen LogP contribution in [0.4, 0.5) is 17.1 Å². The maximum Gasteiger partial charge on any atom is 0.0542 e. The molecule has 0 aliphatic carbocycles. The second-order valence-corrected chi connectivity index (χ2v) is 13.9. The van der Waals surface area contributed by atoms with E-state index < -0.39 is 0 Å². The lowest BCUT2D eigenvalue weighted by molar-refractivity contribution is 1.18. The lowest BCUT2D eigenvalue weighted by Gasteiger charge is -2.26. The molecule has 0 bridgehead atoms. The second kappa shape index (κ2) is 10.0. The Balaban J connectivity index is 1.25. The summed E-state index contributed by atoms with van der Waals surface area (Å²) in [6, 6.07) is 57.8. The third kappa shape index (κ3) is 3.87. The molecule has 3 aromatic heterocycles. The molecule has 0 unspecified atom stereocenters. The molecule has 10 rings (SSSR count). The van der Waals surface area contributed by atoms with E-state index in [1.165, 1.54) is 67.8 Å². The number of thiophene rings is 2. The van der Waals surface area contributed by atoms with Gasteiger partial charge in [-0.2, -0.15) is 0 Å². The van der Waals surface area contributed by atoms with Gasteiger partial charge in [0.2, 0.25) is 0 Å². The normalized spacial score (nSPS) is 11.9. The van der Waals surface area contributed by atoms with Crippen molar-refractivity contribution in [1.82, 2.24) is 4.57 Å². The molecular formula is C42H26N2S2. The van der Waals surface area contributed by atoms with Crippen LogP contribution in [-0.2, 0) is 0 Å². The molecule has 0 atom stereocenters. The van der Waals surface area contributed by atoms with Crippen LogP contribution in [0.5, 0.6) is 0 Å². The molecule has 0 amide bonds. The number of para-hydroxylation sites is 2. The summed E-state index contributed by atoms with van der Waals surface area (Å²) in [5.41, 5.74) is 7.03. The van der Waals surface area contributed by atoms with Gasteiger partial charge in [0.25, 0.3) is 0 Å². The SMILES string of the molecule is c1ccc(-n2c3ccccc3c3cc(N(c4ccc5sc6ccccc6c5c4)c4ccc5sc6ccccc6c5c4)ccc32)cc1. The molecule has 216 valence electrons. The van der Waals surface area contributed by atoms with Gasteiger partial charge in [0.1, 0.15) is 0 Å². The van der Waals surface area contributed by atoms with Gasteiger partial charge in [-0.3, -0.25) is 0 Å². The molecule has 10 aromatic rings. The minimum absolute atomic E-state index is 1.14. The van der Waals surface area contributed by atoms with Crippen LogP contribution < -0.4 is 4.90 Å². The van der Waals surface area contributed by atoms with E-state index >= 15 is 0 Å². The number of hydrogen-bond acceptors (Lipinski definition) is 3. The molecule has 0 radical (unpaired) electrons. The first-order valence-electron chi connectivity index (χ1n) is 15.5. The predicted octanol–water partition coefficient (Wildman–Crippen LogP) is 13.0. The second-order valence-electron chi connectivity index (χ2n) is 11.8. The average Bonchev–Trinajstić information content (AvgIpc) is 3.78. The van der Waals surface area contributed by atoms with Crippen LogP contribution in [0, 0.1) is 0 Å². The zero-order valence-corrected chi connectivity index (χ0v) is 26.4. The Morgan fingerprint density at radius 2 is 0.804 bits per heavy atom. The Labute approximate surface area is 273 Å². The number of rotatable bonds is 4. The Hall–Kier alpha value is -5.42. The number of benzene rings is 7. The maximum atomic E-state index is 2.44. The van der Waals surface area contributed by atoms with Crippen LogP contribution in [0.15, 0.2) is 158 Å². The summed E-state index contributed by atoms with van der Waals surface area (Å²) >= 11 is 3.72. The summed E-state index contributed by atoms with van der Waals surface area (Å²) in [5.74, 6) is 0. The molecule has 2 nitrogen and oxygen atoms in total. The van der Waals surface area contributed by atoms with E-state index in [4.69, 9.17) is 0 Å². The van der Waals surface area contributed by atoms with Crippen molar-refractivity contribution < 1.29 is 0 Å². The Bertz CT molecular complexity index is 2650. The Kier molecular flexibility index (Phi) is 5.65. The molecular weight excluding hydrogens is 597 g/mol. The lowest BCUT2D eigenvalue weighted by atomic mass is 10.1.